The number of amides is 1. The first-order chi connectivity index (χ1) is 10.6. The predicted molar refractivity (Wildman–Crippen MR) is 86.2 cm³/mol. The summed E-state index contributed by atoms with van der Waals surface area (Å²) in [6.45, 7) is 2.05. The van der Waals surface area contributed by atoms with Crippen LogP contribution in [-0.2, 0) is 4.74 Å². The van der Waals surface area contributed by atoms with Crippen molar-refractivity contribution in [3.05, 3.63) is 41.6 Å². The number of methoxy groups -OCH3 is 1. The second kappa shape index (κ2) is 7.51. The van der Waals surface area contributed by atoms with Crippen LogP contribution in [0.5, 0.6) is 5.75 Å². The average Bonchev–Trinajstić information content (AvgIpc) is 2.50. The predicted octanol–water partition coefficient (Wildman–Crippen LogP) is 4.06. The molecule has 0 aliphatic carbocycles. The van der Waals surface area contributed by atoms with Crippen molar-refractivity contribution >= 4 is 34.9 Å². The molecule has 0 aliphatic heterocycles. The van der Waals surface area contributed by atoms with Gasteiger partial charge in [0.15, 0.2) is 0 Å². The highest BCUT2D eigenvalue weighted by Gasteiger charge is 2.06. The first kappa shape index (κ1) is 15.9. The third kappa shape index (κ3) is 4.26. The Balaban J connectivity index is 2.08. The molecule has 0 unspecified atom stereocenters. The van der Waals surface area contributed by atoms with Crippen molar-refractivity contribution in [2.45, 2.75) is 6.92 Å². The van der Waals surface area contributed by atoms with E-state index in [4.69, 9.17) is 21.1 Å². The zero-order chi connectivity index (χ0) is 15.9. The molecule has 22 heavy (non-hydrogen) atoms. The number of rotatable bonds is 5. The van der Waals surface area contributed by atoms with Gasteiger partial charge in [0.1, 0.15) is 11.6 Å². The lowest BCUT2D eigenvalue weighted by atomic mass is 10.3. The molecular weight excluding hydrogens is 306 g/mol. The number of nitrogens with one attached hydrogen (secondary N) is 2. The van der Waals surface area contributed by atoms with Crippen molar-refractivity contribution in [3.8, 4) is 5.75 Å². The lowest BCUT2D eigenvalue weighted by Crippen LogP contribution is -2.13. The van der Waals surface area contributed by atoms with Crippen molar-refractivity contribution in [2.75, 3.05) is 24.4 Å². The molecule has 2 aromatic rings. The molecule has 7 heteroatoms. The van der Waals surface area contributed by atoms with E-state index in [1.165, 1.54) is 6.20 Å². The van der Waals surface area contributed by atoms with Crippen LogP contribution in [0.25, 0.3) is 0 Å². The van der Waals surface area contributed by atoms with Crippen LogP contribution in [0.1, 0.15) is 6.92 Å². The summed E-state index contributed by atoms with van der Waals surface area (Å²) in [5.41, 5.74) is 1.25. The first-order valence-electron chi connectivity index (χ1n) is 6.62. The number of anilines is 3. The number of nitrogens with zero attached hydrogens (tertiary/aromatic N) is 1. The lowest BCUT2D eigenvalue weighted by molar-refractivity contribution is 0.168. The van der Waals surface area contributed by atoms with Gasteiger partial charge in [-0.1, -0.05) is 11.6 Å². The summed E-state index contributed by atoms with van der Waals surface area (Å²) in [4.78, 5) is 15.5. The molecule has 1 aromatic carbocycles. The van der Waals surface area contributed by atoms with Crippen LogP contribution in [0, 0.1) is 0 Å². The van der Waals surface area contributed by atoms with Gasteiger partial charge in [-0.25, -0.2) is 9.78 Å². The van der Waals surface area contributed by atoms with E-state index in [1.807, 2.05) is 0 Å². The first-order valence-corrected chi connectivity index (χ1v) is 7.00. The standard InChI is InChI=1S/C15H16ClN3O3/c1-3-22-15(20)18-11-5-7-14(17-9-11)19-12-8-10(16)4-6-13(12)21-2/h4-9H,3H2,1-2H3,(H,17,19)(H,18,20). The zero-order valence-electron chi connectivity index (χ0n) is 12.2. The maximum absolute atomic E-state index is 11.3. The van der Waals surface area contributed by atoms with Gasteiger partial charge < -0.3 is 14.8 Å². The van der Waals surface area contributed by atoms with Crippen LogP contribution >= 0.6 is 11.6 Å². The second-order valence-electron chi connectivity index (χ2n) is 4.25. The third-order valence-corrected chi connectivity index (χ3v) is 2.94. The van der Waals surface area contributed by atoms with Crippen LogP contribution in [-0.4, -0.2) is 24.8 Å². The summed E-state index contributed by atoms with van der Waals surface area (Å²) in [6, 6.07) is 8.69. The number of aromatic nitrogens is 1. The Kier molecular flexibility index (Phi) is 5.43. The quantitative estimate of drug-likeness (QED) is 0.869. The van der Waals surface area contributed by atoms with Crippen molar-refractivity contribution in [2.24, 2.45) is 0 Å². The smallest absolute Gasteiger partial charge is 0.411 e. The number of hydrogen-bond donors (Lipinski definition) is 2. The Morgan fingerprint density at radius 2 is 2.14 bits per heavy atom. The van der Waals surface area contributed by atoms with E-state index in [-0.39, 0.29) is 0 Å². The number of benzene rings is 1. The minimum Gasteiger partial charge on any atom is -0.495 e. The molecule has 2 rings (SSSR count). The van der Waals surface area contributed by atoms with E-state index in [0.29, 0.717) is 34.6 Å². The van der Waals surface area contributed by atoms with Gasteiger partial charge in [-0.05, 0) is 37.3 Å². The van der Waals surface area contributed by atoms with Gasteiger partial charge in [0, 0.05) is 5.02 Å². The normalized spacial score (nSPS) is 9.95. The summed E-state index contributed by atoms with van der Waals surface area (Å²) in [7, 11) is 1.58. The average molecular weight is 322 g/mol. The van der Waals surface area contributed by atoms with E-state index in [1.54, 1.807) is 44.4 Å². The molecule has 0 spiro atoms. The fourth-order valence-corrected chi connectivity index (χ4v) is 1.91. The molecule has 6 nitrogen and oxygen atoms in total. The van der Waals surface area contributed by atoms with Crippen LogP contribution < -0.4 is 15.4 Å². The Hall–Kier alpha value is -2.47. The zero-order valence-corrected chi connectivity index (χ0v) is 13.0. The monoisotopic (exact) mass is 321 g/mol. The Bertz CT molecular complexity index is 647. The van der Waals surface area contributed by atoms with Gasteiger partial charge in [0.05, 0.1) is 31.3 Å². The van der Waals surface area contributed by atoms with E-state index in [2.05, 4.69) is 15.6 Å². The molecule has 0 radical (unpaired) electrons. The maximum atomic E-state index is 11.3. The van der Waals surface area contributed by atoms with Gasteiger partial charge in [-0.15, -0.1) is 0 Å². The fraction of sp³-hybridized carbons (Fsp3) is 0.200. The molecule has 1 heterocycles. The van der Waals surface area contributed by atoms with Gasteiger partial charge in [0.2, 0.25) is 0 Å². The van der Waals surface area contributed by atoms with E-state index >= 15 is 0 Å². The number of pyridine rings is 1. The van der Waals surface area contributed by atoms with E-state index in [9.17, 15) is 4.79 Å². The van der Waals surface area contributed by atoms with E-state index in [0.717, 1.165) is 0 Å². The van der Waals surface area contributed by atoms with Crippen LogP contribution in [0.4, 0.5) is 22.0 Å². The van der Waals surface area contributed by atoms with Gasteiger partial charge in [-0.2, -0.15) is 0 Å². The van der Waals surface area contributed by atoms with Crippen LogP contribution in [0.3, 0.4) is 0 Å². The highest BCUT2D eigenvalue weighted by molar-refractivity contribution is 6.31. The Morgan fingerprint density at radius 3 is 2.77 bits per heavy atom. The molecule has 0 atom stereocenters. The molecule has 1 amide bonds. The number of ether oxygens (including phenoxy) is 2. The summed E-state index contributed by atoms with van der Waals surface area (Å²) < 4.78 is 10.0. The molecule has 0 aliphatic rings. The molecule has 1 aromatic heterocycles. The number of hydrogen-bond acceptors (Lipinski definition) is 5. The van der Waals surface area contributed by atoms with Crippen molar-refractivity contribution in [1.82, 2.24) is 4.98 Å². The fourth-order valence-electron chi connectivity index (χ4n) is 1.74. The van der Waals surface area contributed by atoms with Crippen LogP contribution in [0.2, 0.25) is 5.02 Å². The molecule has 0 saturated carbocycles. The van der Waals surface area contributed by atoms with Gasteiger partial charge in [-0.3, -0.25) is 5.32 Å². The summed E-state index contributed by atoms with van der Waals surface area (Å²) in [5.74, 6) is 1.25. The van der Waals surface area contributed by atoms with Gasteiger partial charge in [0.25, 0.3) is 0 Å². The van der Waals surface area contributed by atoms with Crippen molar-refractivity contribution in [1.29, 1.82) is 0 Å². The molecule has 0 fully saturated rings. The Labute approximate surface area is 133 Å². The minimum absolute atomic E-state index is 0.313. The highest BCUT2D eigenvalue weighted by atomic mass is 35.5. The van der Waals surface area contributed by atoms with Crippen molar-refractivity contribution < 1.29 is 14.3 Å². The van der Waals surface area contributed by atoms with E-state index < -0.39 is 6.09 Å². The summed E-state index contributed by atoms with van der Waals surface area (Å²) in [6.07, 6.45) is 1.01. The molecule has 0 saturated heterocycles. The maximum Gasteiger partial charge on any atom is 0.411 e. The molecular formula is C15H16ClN3O3. The molecule has 0 bridgehead atoms. The largest absolute Gasteiger partial charge is 0.495 e. The minimum atomic E-state index is -0.512. The van der Waals surface area contributed by atoms with Crippen molar-refractivity contribution in [3.63, 3.8) is 0 Å². The second-order valence-corrected chi connectivity index (χ2v) is 4.68. The third-order valence-electron chi connectivity index (χ3n) is 2.71. The highest BCUT2D eigenvalue weighted by Crippen LogP contribution is 2.30. The van der Waals surface area contributed by atoms with Crippen LogP contribution in [0.15, 0.2) is 36.5 Å². The number of carbonyl (C=O) groups excluding carboxylic acids is 1. The Morgan fingerprint density at radius 1 is 1.32 bits per heavy atom. The SMILES string of the molecule is CCOC(=O)Nc1ccc(Nc2cc(Cl)ccc2OC)nc1. The number of carbonyl (C=O) groups is 1. The number of halogens is 1. The summed E-state index contributed by atoms with van der Waals surface area (Å²) in [5, 5.41) is 6.26. The molecule has 116 valence electrons. The summed E-state index contributed by atoms with van der Waals surface area (Å²) >= 11 is 5.97. The lowest BCUT2D eigenvalue weighted by Gasteiger charge is -2.11. The molecule has 2 N–H and O–H groups in total. The van der Waals surface area contributed by atoms with Gasteiger partial charge >= 0.3 is 6.09 Å². The topological polar surface area (TPSA) is 72.5 Å².